The lowest BCUT2D eigenvalue weighted by molar-refractivity contribution is -0.115. The minimum atomic E-state index is -0.337. The number of aromatic nitrogens is 1. The van der Waals surface area contributed by atoms with E-state index in [1.54, 1.807) is 18.3 Å². The van der Waals surface area contributed by atoms with E-state index in [-0.39, 0.29) is 18.1 Å². The fraction of sp³-hybridized carbons (Fsp3) is 0.294. The quantitative estimate of drug-likeness (QED) is 0.891. The van der Waals surface area contributed by atoms with Crippen LogP contribution >= 0.6 is 0 Å². The molecule has 0 spiro atoms. The third-order valence-corrected chi connectivity index (χ3v) is 3.37. The van der Waals surface area contributed by atoms with E-state index in [9.17, 15) is 9.18 Å². The van der Waals surface area contributed by atoms with Crippen LogP contribution in [0.5, 0.6) is 0 Å². The van der Waals surface area contributed by atoms with E-state index in [4.69, 9.17) is 0 Å². The molecule has 2 aromatic rings. The Morgan fingerprint density at radius 3 is 2.59 bits per heavy atom. The summed E-state index contributed by atoms with van der Waals surface area (Å²) >= 11 is 0. The Hall–Kier alpha value is -2.43. The fourth-order valence-corrected chi connectivity index (χ4v) is 2.23. The molecular weight excluding hydrogens is 281 g/mol. The van der Waals surface area contributed by atoms with Crippen LogP contribution in [0.15, 0.2) is 42.6 Å². The van der Waals surface area contributed by atoms with Gasteiger partial charge in [0.25, 0.3) is 0 Å². The molecule has 0 radical (unpaired) electrons. The van der Waals surface area contributed by atoms with Gasteiger partial charge < -0.3 is 10.2 Å². The van der Waals surface area contributed by atoms with Crippen molar-refractivity contribution in [1.82, 2.24) is 4.98 Å². The number of anilines is 2. The van der Waals surface area contributed by atoms with Crippen molar-refractivity contribution in [2.75, 3.05) is 23.3 Å². The van der Waals surface area contributed by atoms with Gasteiger partial charge in [-0.2, -0.15) is 0 Å². The molecule has 116 valence electrons. The molecule has 0 aliphatic carbocycles. The molecule has 5 heteroatoms. The Balaban J connectivity index is 1.97. The van der Waals surface area contributed by atoms with Crippen LogP contribution in [-0.2, 0) is 11.2 Å². The molecule has 22 heavy (non-hydrogen) atoms. The van der Waals surface area contributed by atoms with Gasteiger partial charge in [0, 0.05) is 13.1 Å². The second-order valence-electron chi connectivity index (χ2n) is 4.93. The van der Waals surface area contributed by atoms with Gasteiger partial charge in [0.05, 0.1) is 18.3 Å². The second kappa shape index (κ2) is 7.54. The van der Waals surface area contributed by atoms with Crippen molar-refractivity contribution in [1.29, 1.82) is 0 Å². The van der Waals surface area contributed by atoms with Crippen molar-refractivity contribution < 1.29 is 9.18 Å². The third-order valence-electron chi connectivity index (χ3n) is 3.37. The van der Waals surface area contributed by atoms with Gasteiger partial charge in [-0.05, 0) is 43.7 Å². The molecule has 0 saturated carbocycles. The van der Waals surface area contributed by atoms with E-state index in [0.29, 0.717) is 11.3 Å². The van der Waals surface area contributed by atoms with Gasteiger partial charge in [-0.1, -0.05) is 12.1 Å². The molecular formula is C17H20FN3O. The van der Waals surface area contributed by atoms with Crippen LogP contribution < -0.4 is 10.2 Å². The predicted molar refractivity (Wildman–Crippen MR) is 86.5 cm³/mol. The first-order valence-corrected chi connectivity index (χ1v) is 7.37. The summed E-state index contributed by atoms with van der Waals surface area (Å²) in [5.41, 5.74) is 1.28. The number of halogens is 1. The van der Waals surface area contributed by atoms with Crippen molar-refractivity contribution >= 4 is 17.4 Å². The maximum Gasteiger partial charge on any atom is 0.228 e. The molecule has 0 saturated heterocycles. The number of hydrogen-bond donors (Lipinski definition) is 1. The lowest BCUT2D eigenvalue weighted by Gasteiger charge is -2.19. The molecule has 1 aromatic carbocycles. The van der Waals surface area contributed by atoms with Crippen molar-refractivity contribution in [3.05, 3.63) is 54.0 Å². The van der Waals surface area contributed by atoms with E-state index < -0.39 is 0 Å². The van der Waals surface area contributed by atoms with Crippen molar-refractivity contribution in [2.45, 2.75) is 20.3 Å². The number of carbonyl (C=O) groups excluding carboxylic acids is 1. The summed E-state index contributed by atoms with van der Waals surface area (Å²) in [4.78, 5) is 18.4. The standard InChI is InChI=1S/C17H20FN3O/c1-3-21(4-2)16-9-8-15(12-19-16)20-17(22)11-13-6-5-7-14(18)10-13/h5-10,12H,3-4,11H2,1-2H3,(H,20,22). The number of nitrogens with one attached hydrogen (secondary N) is 1. The van der Waals surface area contributed by atoms with Gasteiger partial charge in [0.1, 0.15) is 11.6 Å². The molecule has 1 N–H and O–H groups in total. The largest absolute Gasteiger partial charge is 0.357 e. The summed E-state index contributed by atoms with van der Waals surface area (Å²) in [5.74, 6) is 0.353. The molecule has 1 heterocycles. The van der Waals surface area contributed by atoms with Crippen molar-refractivity contribution in [3.8, 4) is 0 Å². The first-order valence-electron chi connectivity index (χ1n) is 7.37. The van der Waals surface area contributed by atoms with E-state index in [0.717, 1.165) is 18.9 Å². The van der Waals surface area contributed by atoms with Gasteiger partial charge in [0.2, 0.25) is 5.91 Å². The van der Waals surface area contributed by atoms with Gasteiger partial charge in [0.15, 0.2) is 0 Å². The Bertz CT molecular complexity index is 624. The highest BCUT2D eigenvalue weighted by molar-refractivity contribution is 5.92. The molecule has 0 aliphatic rings. The van der Waals surface area contributed by atoms with Gasteiger partial charge in [-0.25, -0.2) is 9.37 Å². The van der Waals surface area contributed by atoms with E-state index in [1.807, 2.05) is 12.1 Å². The number of nitrogens with zero attached hydrogens (tertiary/aromatic N) is 2. The molecule has 0 unspecified atom stereocenters. The second-order valence-corrected chi connectivity index (χ2v) is 4.93. The van der Waals surface area contributed by atoms with E-state index >= 15 is 0 Å². The summed E-state index contributed by atoms with van der Waals surface area (Å²) < 4.78 is 13.1. The maximum absolute atomic E-state index is 13.1. The van der Waals surface area contributed by atoms with Crippen molar-refractivity contribution in [3.63, 3.8) is 0 Å². The van der Waals surface area contributed by atoms with E-state index in [1.165, 1.54) is 12.1 Å². The highest BCUT2D eigenvalue weighted by atomic mass is 19.1. The minimum Gasteiger partial charge on any atom is -0.357 e. The number of amides is 1. The van der Waals surface area contributed by atoms with Crippen molar-refractivity contribution in [2.24, 2.45) is 0 Å². The smallest absolute Gasteiger partial charge is 0.228 e. The number of benzene rings is 1. The summed E-state index contributed by atoms with van der Waals surface area (Å²) in [6.07, 6.45) is 1.77. The fourth-order valence-electron chi connectivity index (χ4n) is 2.23. The summed E-state index contributed by atoms with van der Waals surface area (Å²) in [5, 5.41) is 2.77. The lowest BCUT2D eigenvalue weighted by Crippen LogP contribution is -2.23. The molecule has 4 nitrogen and oxygen atoms in total. The predicted octanol–water partition coefficient (Wildman–Crippen LogP) is 3.25. The van der Waals surface area contributed by atoms with E-state index in [2.05, 4.69) is 29.0 Å². The zero-order valence-corrected chi connectivity index (χ0v) is 12.8. The molecule has 0 bridgehead atoms. The molecule has 2 rings (SSSR count). The molecule has 1 amide bonds. The summed E-state index contributed by atoms with van der Waals surface area (Å²) in [6.45, 7) is 5.91. The Morgan fingerprint density at radius 2 is 2.00 bits per heavy atom. The van der Waals surface area contributed by atoms with Crippen LogP contribution in [0.1, 0.15) is 19.4 Å². The Labute approximate surface area is 130 Å². The first kappa shape index (κ1) is 15.9. The van der Waals surface area contributed by atoms with Crippen LogP contribution in [0.25, 0.3) is 0 Å². The van der Waals surface area contributed by atoms with Gasteiger partial charge >= 0.3 is 0 Å². The average Bonchev–Trinajstić information content (AvgIpc) is 2.50. The summed E-state index contributed by atoms with van der Waals surface area (Å²) in [7, 11) is 0. The first-order chi connectivity index (χ1) is 10.6. The number of pyridine rings is 1. The average molecular weight is 301 g/mol. The molecule has 0 fully saturated rings. The van der Waals surface area contributed by atoms with Gasteiger partial charge in [-0.3, -0.25) is 4.79 Å². The zero-order valence-electron chi connectivity index (χ0n) is 12.8. The van der Waals surface area contributed by atoms with Crippen LogP contribution in [0.3, 0.4) is 0 Å². The Kier molecular flexibility index (Phi) is 5.47. The Morgan fingerprint density at radius 1 is 1.23 bits per heavy atom. The number of hydrogen-bond acceptors (Lipinski definition) is 3. The highest BCUT2D eigenvalue weighted by Gasteiger charge is 2.07. The topological polar surface area (TPSA) is 45.2 Å². The highest BCUT2D eigenvalue weighted by Crippen LogP contribution is 2.14. The summed E-state index contributed by atoms with van der Waals surface area (Å²) in [6, 6.07) is 9.75. The molecule has 1 aromatic heterocycles. The normalized spacial score (nSPS) is 10.3. The number of rotatable bonds is 6. The molecule has 0 aliphatic heterocycles. The maximum atomic E-state index is 13.1. The monoisotopic (exact) mass is 301 g/mol. The third kappa shape index (κ3) is 4.28. The van der Waals surface area contributed by atoms with Crippen LogP contribution in [0, 0.1) is 5.82 Å². The molecule has 0 atom stereocenters. The zero-order chi connectivity index (χ0) is 15.9. The van der Waals surface area contributed by atoms with Crippen LogP contribution in [-0.4, -0.2) is 24.0 Å². The lowest BCUT2D eigenvalue weighted by atomic mass is 10.1. The minimum absolute atomic E-state index is 0.134. The van der Waals surface area contributed by atoms with Crippen LogP contribution in [0.2, 0.25) is 0 Å². The van der Waals surface area contributed by atoms with Gasteiger partial charge in [-0.15, -0.1) is 0 Å². The van der Waals surface area contributed by atoms with Crippen LogP contribution in [0.4, 0.5) is 15.9 Å². The SMILES string of the molecule is CCN(CC)c1ccc(NC(=O)Cc2cccc(F)c2)cn1. The number of carbonyl (C=O) groups is 1.